The summed E-state index contributed by atoms with van der Waals surface area (Å²) in [6, 6.07) is 22.5. The van der Waals surface area contributed by atoms with Crippen LogP contribution < -0.4 is 4.74 Å². The summed E-state index contributed by atoms with van der Waals surface area (Å²) in [7, 11) is 0. The molecule has 0 radical (unpaired) electrons. The van der Waals surface area contributed by atoms with E-state index in [0.717, 1.165) is 16.7 Å². The van der Waals surface area contributed by atoms with Crippen LogP contribution in [0.25, 0.3) is 11.4 Å². The standard InChI is InChI=1S/C27H26ClN3O3/c1-18(2)31(16-25-29-26(30-34-25)20-13-11-19(3)12-14-20)27(32)21-8-6-9-23(15-21)33-17-22-7-4-5-10-24(22)28/h4-15,18H,16-17H2,1-3H3. The minimum Gasteiger partial charge on any atom is -0.489 e. The molecule has 6 nitrogen and oxygen atoms in total. The largest absolute Gasteiger partial charge is 0.489 e. The Hall–Kier alpha value is -3.64. The fourth-order valence-corrected chi connectivity index (χ4v) is 3.63. The molecule has 4 rings (SSSR count). The Kier molecular flexibility index (Phi) is 7.28. The second-order valence-electron chi connectivity index (χ2n) is 8.31. The molecule has 174 valence electrons. The molecule has 1 heterocycles. The van der Waals surface area contributed by atoms with Crippen molar-refractivity contribution in [1.82, 2.24) is 15.0 Å². The van der Waals surface area contributed by atoms with Crippen LogP contribution in [0.3, 0.4) is 0 Å². The zero-order chi connectivity index (χ0) is 24.1. The van der Waals surface area contributed by atoms with Crippen molar-refractivity contribution in [2.24, 2.45) is 0 Å². The quantitative estimate of drug-likeness (QED) is 0.298. The van der Waals surface area contributed by atoms with Gasteiger partial charge in [0.1, 0.15) is 18.9 Å². The maximum Gasteiger partial charge on any atom is 0.254 e. The molecule has 1 amide bonds. The second-order valence-corrected chi connectivity index (χ2v) is 8.72. The van der Waals surface area contributed by atoms with Crippen LogP contribution >= 0.6 is 11.6 Å². The summed E-state index contributed by atoms with van der Waals surface area (Å²) >= 11 is 6.21. The van der Waals surface area contributed by atoms with Gasteiger partial charge in [-0.3, -0.25) is 4.79 Å². The van der Waals surface area contributed by atoms with Crippen molar-refractivity contribution in [3.05, 3.63) is 100 Å². The minimum atomic E-state index is -0.145. The Bertz CT molecular complexity index is 1270. The fourth-order valence-electron chi connectivity index (χ4n) is 3.43. The third-order valence-electron chi connectivity index (χ3n) is 5.40. The van der Waals surface area contributed by atoms with E-state index in [1.54, 1.807) is 23.1 Å². The first kappa shape index (κ1) is 23.5. The monoisotopic (exact) mass is 475 g/mol. The van der Waals surface area contributed by atoms with Crippen molar-refractivity contribution in [2.75, 3.05) is 0 Å². The third-order valence-corrected chi connectivity index (χ3v) is 5.77. The number of hydrogen-bond donors (Lipinski definition) is 0. The zero-order valence-corrected chi connectivity index (χ0v) is 20.1. The summed E-state index contributed by atoms with van der Waals surface area (Å²) in [6.07, 6.45) is 0. The van der Waals surface area contributed by atoms with Gasteiger partial charge >= 0.3 is 0 Å². The first-order chi connectivity index (χ1) is 16.4. The van der Waals surface area contributed by atoms with E-state index >= 15 is 0 Å². The molecule has 0 spiro atoms. The lowest BCUT2D eigenvalue weighted by molar-refractivity contribution is 0.0667. The number of benzene rings is 3. The molecule has 0 fully saturated rings. The van der Waals surface area contributed by atoms with Crippen molar-refractivity contribution in [3.63, 3.8) is 0 Å². The molecule has 3 aromatic carbocycles. The second kappa shape index (κ2) is 10.5. The molecule has 0 unspecified atom stereocenters. The average molecular weight is 476 g/mol. The van der Waals surface area contributed by atoms with Crippen LogP contribution in [0.15, 0.2) is 77.3 Å². The van der Waals surface area contributed by atoms with Gasteiger partial charge in [0.15, 0.2) is 0 Å². The highest BCUT2D eigenvalue weighted by Gasteiger charge is 2.22. The van der Waals surface area contributed by atoms with E-state index in [1.807, 2.05) is 75.4 Å². The van der Waals surface area contributed by atoms with E-state index in [0.29, 0.717) is 34.7 Å². The van der Waals surface area contributed by atoms with E-state index in [4.69, 9.17) is 20.9 Å². The van der Waals surface area contributed by atoms with E-state index in [2.05, 4.69) is 10.1 Å². The van der Waals surface area contributed by atoms with Crippen LogP contribution in [0.2, 0.25) is 5.02 Å². The van der Waals surface area contributed by atoms with Crippen molar-refractivity contribution in [1.29, 1.82) is 0 Å². The summed E-state index contributed by atoms with van der Waals surface area (Å²) in [5.74, 6) is 1.33. The Balaban J connectivity index is 1.47. The maximum atomic E-state index is 13.3. The van der Waals surface area contributed by atoms with Crippen molar-refractivity contribution in [2.45, 2.75) is 40.0 Å². The SMILES string of the molecule is Cc1ccc(-c2noc(CN(C(=O)c3cccc(OCc4ccccc4Cl)c3)C(C)C)n2)cc1. The number of halogens is 1. The number of nitrogens with zero attached hydrogens (tertiary/aromatic N) is 3. The Morgan fingerprint density at radius 2 is 1.82 bits per heavy atom. The molecule has 34 heavy (non-hydrogen) atoms. The molecule has 0 saturated carbocycles. The summed E-state index contributed by atoms with van der Waals surface area (Å²) < 4.78 is 11.3. The van der Waals surface area contributed by atoms with Crippen LogP contribution in [0.5, 0.6) is 5.75 Å². The molecule has 0 aliphatic rings. The molecule has 0 saturated heterocycles. The highest BCUT2D eigenvalue weighted by atomic mass is 35.5. The Morgan fingerprint density at radius 3 is 2.56 bits per heavy atom. The van der Waals surface area contributed by atoms with Gasteiger partial charge in [0.25, 0.3) is 5.91 Å². The fraction of sp³-hybridized carbons (Fsp3) is 0.222. The lowest BCUT2D eigenvalue weighted by Gasteiger charge is -2.25. The lowest BCUT2D eigenvalue weighted by atomic mass is 10.1. The molecule has 7 heteroatoms. The van der Waals surface area contributed by atoms with Crippen molar-refractivity contribution in [3.8, 4) is 17.1 Å². The van der Waals surface area contributed by atoms with Crippen LogP contribution in [-0.2, 0) is 13.2 Å². The highest BCUT2D eigenvalue weighted by Crippen LogP contribution is 2.22. The summed E-state index contributed by atoms with van der Waals surface area (Å²) in [4.78, 5) is 19.5. The number of ether oxygens (including phenoxy) is 1. The minimum absolute atomic E-state index is 0.0741. The summed E-state index contributed by atoms with van der Waals surface area (Å²) in [6.45, 7) is 6.45. The third kappa shape index (κ3) is 5.64. The molecule has 0 bridgehead atoms. The molecular formula is C27H26ClN3O3. The van der Waals surface area contributed by atoms with E-state index in [1.165, 1.54) is 0 Å². The van der Waals surface area contributed by atoms with Gasteiger partial charge in [-0.2, -0.15) is 4.98 Å². The summed E-state index contributed by atoms with van der Waals surface area (Å²) in [5.41, 5.74) is 3.42. The van der Waals surface area contributed by atoms with Gasteiger partial charge in [-0.15, -0.1) is 0 Å². The number of aromatic nitrogens is 2. The highest BCUT2D eigenvalue weighted by molar-refractivity contribution is 6.31. The first-order valence-corrected chi connectivity index (χ1v) is 11.5. The van der Waals surface area contributed by atoms with E-state index in [9.17, 15) is 4.79 Å². The predicted octanol–water partition coefficient (Wildman–Crippen LogP) is 6.33. The van der Waals surface area contributed by atoms with Crippen LogP contribution in [-0.4, -0.2) is 27.0 Å². The van der Waals surface area contributed by atoms with Gasteiger partial charge in [0.2, 0.25) is 11.7 Å². The number of hydrogen-bond acceptors (Lipinski definition) is 5. The van der Waals surface area contributed by atoms with Gasteiger partial charge in [-0.1, -0.05) is 70.9 Å². The maximum absolute atomic E-state index is 13.3. The molecule has 0 N–H and O–H groups in total. The van der Waals surface area contributed by atoms with E-state index in [-0.39, 0.29) is 18.5 Å². The molecule has 1 aromatic heterocycles. The zero-order valence-electron chi connectivity index (χ0n) is 19.4. The summed E-state index contributed by atoms with van der Waals surface area (Å²) in [5, 5.41) is 4.72. The number of amides is 1. The van der Waals surface area contributed by atoms with Crippen LogP contribution in [0.1, 0.15) is 41.2 Å². The topological polar surface area (TPSA) is 68.5 Å². The number of rotatable bonds is 8. The van der Waals surface area contributed by atoms with Gasteiger partial charge in [-0.25, -0.2) is 0 Å². The number of aryl methyl sites for hydroxylation is 1. The molecule has 0 atom stereocenters. The van der Waals surface area contributed by atoms with Crippen LogP contribution in [0, 0.1) is 6.92 Å². The van der Waals surface area contributed by atoms with Crippen LogP contribution in [0.4, 0.5) is 0 Å². The first-order valence-electron chi connectivity index (χ1n) is 11.1. The van der Waals surface area contributed by atoms with Gasteiger partial charge in [0, 0.05) is 27.8 Å². The predicted molar refractivity (Wildman–Crippen MR) is 132 cm³/mol. The van der Waals surface area contributed by atoms with Gasteiger partial charge < -0.3 is 14.2 Å². The average Bonchev–Trinajstić information content (AvgIpc) is 3.31. The molecule has 0 aliphatic carbocycles. The normalized spacial score (nSPS) is 11.0. The van der Waals surface area contributed by atoms with Crippen molar-refractivity contribution < 1.29 is 14.1 Å². The molecular weight excluding hydrogens is 450 g/mol. The molecule has 0 aliphatic heterocycles. The number of carbonyl (C=O) groups is 1. The smallest absolute Gasteiger partial charge is 0.254 e. The lowest BCUT2D eigenvalue weighted by Crippen LogP contribution is -2.36. The van der Waals surface area contributed by atoms with Gasteiger partial charge in [-0.05, 0) is 45.0 Å². The van der Waals surface area contributed by atoms with E-state index < -0.39 is 0 Å². The number of carbonyl (C=O) groups excluding carboxylic acids is 1. The Labute approximate surface area is 204 Å². The van der Waals surface area contributed by atoms with Crippen molar-refractivity contribution >= 4 is 17.5 Å². The van der Waals surface area contributed by atoms with Gasteiger partial charge in [0.05, 0.1) is 0 Å². The Morgan fingerprint density at radius 1 is 1.06 bits per heavy atom. The molecule has 4 aromatic rings.